The Morgan fingerprint density at radius 3 is 2.52 bits per heavy atom. The Hall–Kier alpha value is -1.49. The van der Waals surface area contributed by atoms with Crippen LogP contribution in [-0.2, 0) is 6.61 Å². The predicted octanol–water partition coefficient (Wildman–Crippen LogP) is 5.06. The molecule has 2 rings (SSSR count). The van der Waals surface area contributed by atoms with Crippen LogP contribution in [0.5, 0.6) is 5.75 Å². The molecule has 0 aliphatic heterocycles. The van der Waals surface area contributed by atoms with E-state index < -0.39 is 11.8 Å². The van der Waals surface area contributed by atoms with E-state index in [1.165, 1.54) is 30.3 Å². The van der Waals surface area contributed by atoms with Gasteiger partial charge < -0.3 is 9.84 Å². The van der Waals surface area contributed by atoms with E-state index in [0.29, 0.717) is 10.6 Å². The molecule has 2 aromatic carbocycles. The maximum atomic E-state index is 13.2. The van der Waals surface area contributed by atoms with Gasteiger partial charge in [0.05, 0.1) is 5.02 Å². The molecule has 0 bridgehead atoms. The standard InChI is InChI=1S/C14H8Cl3FO3/c15-8-4-10(14(19)20)13(12(17)5-8)21-6-7-3-9(18)1-2-11(7)16/h1-5H,6H2,(H,19,20). The minimum Gasteiger partial charge on any atom is -0.486 e. The molecule has 0 radical (unpaired) electrons. The van der Waals surface area contributed by atoms with Crippen molar-refractivity contribution in [1.82, 2.24) is 0 Å². The fraction of sp³-hybridized carbons (Fsp3) is 0.0714. The third kappa shape index (κ3) is 3.79. The number of benzene rings is 2. The first-order chi connectivity index (χ1) is 9.88. The Morgan fingerprint density at radius 1 is 1.14 bits per heavy atom. The first-order valence-electron chi connectivity index (χ1n) is 5.67. The number of carboxylic acids is 1. The molecule has 21 heavy (non-hydrogen) atoms. The fourth-order valence-corrected chi connectivity index (χ4v) is 2.39. The van der Waals surface area contributed by atoms with Crippen LogP contribution in [0.2, 0.25) is 15.1 Å². The van der Waals surface area contributed by atoms with Gasteiger partial charge in [-0.2, -0.15) is 0 Å². The van der Waals surface area contributed by atoms with Gasteiger partial charge in [0.2, 0.25) is 0 Å². The molecular weight excluding hydrogens is 342 g/mol. The normalized spacial score (nSPS) is 10.5. The molecule has 0 heterocycles. The lowest BCUT2D eigenvalue weighted by molar-refractivity contribution is 0.0691. The molecule has 0 spiro atoms. The van der Waals surface area contributed by atoms with E-state index in [0.717, 1.165) is 0 Å². The van der Waals surface area contributed by atoms with Crippen LogP contribution in [-0.4, -0.2) is 11.1 Å². The third-order valence-electron chi connectivity index (χ3n) is 2.62. The Kier molecular flexibility index (Phi) is 4.93. The van der Waals surface area contributed by atoms with Crippen LogP contribution in [0.4, 0.5) is 4.39 Å². The molecule has 0 saturated carbocycles. The van der Waals surface area contributed by atoms with Crippen molar-refractivity contribution in [1.29, 1.82) is 0 Å². The first-order valence-corrected chi connectivity index (χ1v) is 6.81. The van der Waals surface area contributed by atoms with Gasteiger partial charge in [-0.15, -0.1) is 0 Å². The van der Waals surface area contributed by atoms with Crippen LogP contribution >= 0.6 is 34.8 Å². The Morgan fingerprint density at radius 2 is 1.86 bits per heavy atom. The number of hydrogen-bond donors (Lipinski definition) is 1. The molecular formula is C14H8Cl3FO3. The number of carbonyl (C=O) groups is 1. The maximum Gasteiger partial charge on any atom is 0.339 e. The minimum atomic E-state index is -1.24. The Labute approximate surface area is 134 Å². The molecule has 0 atom stereocenters. The van der Waals surface area contributed by atoms with Crippen molar-refractivity contribution in [2.24, 2.45) is 0 Å². The summed E-state index contributed by atoms with van der Waals surface area (Å²) in [6.45, 7) is -0.127. The zero-order valence-corrected chi connectivity index (χ0v) is 12.6. The van der Waals surface area contributed by atoms with Gasteiger partial charge in [-0.3, -0.25) is 0 Å². The molecule has 0 saturated heterocycles. The summed E-state index contributed by atoms with van der Waals surface area (Å²) in [5.74, 6) is -1.76. The van der Waals surface area contributed by atoms with E-state index in [1.807, 2.05) is 0 Å². The highest BCUT2D eigenvalue weighted by Crippen LogP contribution is 2.33. The summed E-state index contributed by atoms with van der Waals surface area (Å²) in [6.07, 6.45) is 0. The quantitative estimate of drug-likeness (QED) is 0.839. The summed E-state index contributed by atoms with van der Waals surface area (Å²) in [6, 6.07) is 6.38. The highest BCUT2D eigenvalue weighted by molar-refractivity contribution is 6.36. The van der Waals surface area contributed by atoms with Crippen molar-refractivity contribution < 1.29 is 19.0 Å². The van der Waals surface area contributed by atoms with Gasteiger partial charge in [0.15, 0.2) is 5.75 Å². The predicted molar refractivity (Wildman–Crippen MR) is 79.2 cm³/mol. The van der Waals surface area contributed by atoms with E-state index in [-0.39, 0.29) is 28.0 Å². The van der Waals surface area contributed by atoms with Gasteiger partial charge in [0, 0.05) is 15.6 Å². The lowest BCUT2D eigenvalue weighted by Crippen LogP contribution is -2.05. The van der Waals surface area contributed by atoms with E-state index in [1.54, 1.807) is 0 Å². The SMILES string of the molecule is O=C(O)c1cc(Cl)cc(Cl)c1OCc1cc(F)ccc1Cl. The van der Waals surface area contributed by atoms with Crippen molar-refractivity contribution in [3.05, 3.63) is 62.3 Å². The van der Waals surface area contributed by atoms with Crippen molar-refractivity contribution >= 4 is 40.8 Å². The zero-order valence-electron chi connectivity index (χ0n) is 10.4. The summed E-state index contributed by atoms with van der Waals surface area (Å²) in [5, 5.41) is 9.65. The molecule has 0 aliphatic carbocycles. The summed E-state index contributed by atoms with van der Waals surface area (Å²) in [4.78, 5) is 11.2. The van der Waals surface area contributed by atoms with Gasteiger partial charge in [0.25, 0.3) is 0 Å². The molecule has 110 valence electrons. The van der Waals surface area contributed by atoms with Crippen molar-refractivity contribution in [2.75, 3.05) is 0 Å². The van der Waals surface area contributed by atoms with Crippen molar-refractivity contribution in [3.63, 3.8) is 0 Å². The van der Waals surface area contributed by atoms with Gasteiger partial charge in [-0.25, -0.2) is 9.18 Å². The molecule has 0 aromatic heterocycles. The van der Waals surface area contributed by atoms with Crippen molar-refractivity contribution in [2.45, 2.75) is 6.61 Å². The molecule has 1 N–H and O–H groups in total. The van der Waals surface area contributed by atoms with Gasteiger partial charge in [0.1, 0.15) is 18.0 Å². The summed E-state index contributed by atoms with van der Waals surface area (Å²) in [5.41, 5.74) is 0.194. The second-order valence-corrected chi connectivity index (χ2v) is 5.34. The van der Waals surface area contributed by atoms with Crippen LogP contribution in [0.3, 0.4) is 0 Å². The lowest BCUT2D eigenvalue weighted by Gasteiger charge is -2.12. The van der Waals surface area contributed by atoms with Crippen LogP contribution < -0.4 is 4.74 Å². The maximum absolute atomic E-state index is 13.2. The van der Waals surface area contributed by atoms with Gasteiger partial charge >= 0.3 is 5.97 Å². The average Bonchev–Trinajstić information content (AvgIpc) is 2.40. The van der Waals surface area contributed by atoms with Crippen LogP contribution in [0, 0.1) is 5.82 Å². The monoisotopic (exact) mass is 348 g/mol. The van der Waals surface area contributed by atoms with Crippen LogP contribution in [0.25, 0.3) is 0 Å². The number of halogens is 4. The van der Waals surface area contributed by atoms with Crippen LogP contribution in [0.1, 0.15) is 15.9 Å². The number of rotatable bonds is 4. The number of hydrogen-bond acceptors (Lipinski definition) is 2. The second kappa shape index (κ2) is 6.52. The number of aromatic carboxylic acids is 1. The largest absolute Gasteiger partial charge is 0.486 e. The average molecular weight is 350 g/mol. The van der Waals surface area contributed by atoms with Crippen LogP contribution in [0.15, 0.2) is 30.3 Å². The zero-order chi connectivity index (χ0) is 15.6. The summed E-state index contributed by atoms with van der Waals surface area (Å²) >= 11 is 17.6. The van der Waals surface area contributed by atoms with Gasteiger partial charge in [-0.05, 0) is 30.3 Å². The minimum absolute atomic E-state index is 0.0473. The molecule has 2 aromatic rings. The Bertz CT molecular complexity index is 704. The topological polar surface area (TPSA) is 46.5 Å². The Balaban J connectivity index is 2.32. The summed E-state index contributed by atoms with van der Waals surface area (Å²) < 4.78 is 18.5. The van der Waals surface area contributed by atoms with Crippen molar-refractivity contribution in [3.8, 4) is 5.75 Å². The molecule has 0 unspecified atom stereocenters. The summed E-state index contributed by atoms with van der Waals surface area (Å²) in [7, 11) is 0. The molecule has 3 nitrogen and oxygen atoms in total. The molecule has 0 amide bonds. The number of ether oxygens (including phenoxy) is 1. The fourth-order valence-electron chi connectivity index (χ4n) is 1.67. The lowest BCUT2D eigenvalue weighted by atomic mass is 10.2. The first kappa shape index (κ1) is 15.9. The molecule has 0 fully saturated rings. The van der Waals surface area contributed by atoms with E-state index in [2.05, 4.69) is 0 Å². The van der Waals surface area contributed by atoms with Gasteiger partial charge in [-0.1, -0.05) is 34.8 Å². The smallest absolute Gasteiger partial charge is 0.339 e. The van der Waals surface area contributed by atoms with E-state index in [4.69, 9.17) is 44.6 Å². The second-order valence-electron chi connectivity index (χ2n) is 4.09. The molecule has 7 heteroatoms. The highest BCUT2D eigenvalue weighted by Gasteiger charge is 2.17. The van der Waals surface area contributed by atoms with E-state index in [9.17, 15) is 9.18 Å². The number of carboxylic acid groups (broad SMARTS) is 1. The van der Waals surface area contributed by atoms with E-state index >= 15 is 0 Å². The highest BCUT2D eigenvalue weighted by atomic mass is 35.5. The molecule has 0 aliphatic rings. The third-order valence-corrected chi connectivity index (χ3v) is 3.49.